The number of sulfonamides is 1. The Bertz CT molecular complexity index is 547. The molecule has 0 aliphatic heterocycles. The highest BCUT2D eigenvalue weighted by molar-refractivity contribution is 7.89. The second kappa shape index (κ2) is 6.17. The first-order chi connectivity index (χ1) is 8.40. The molecule has 0 aromatic heterocycles. The molecule has 0 heterocycles. The molecule has 1 unspecified atom stereocenters. The summed E-state index contributed by atoms with van der Waals surface area (Å²) >= 11 is 0. The van der Waals surface area contributed by atoms with Crippen LogP contribution in [0.1, 0.15) is 18.4 Å². The Morgan fingerprint density at radius 3 is 2.68 bits per heavy atom. The summed E-state index contributed by atoms with van der Waals surface area (Å²) in [5, 5.41) is 0. The fourth-order valence-electron chi connectivity index (χ4n) is 1.84. The fourth-order valence-corrected chi connectivity index (χ4v) is 3.17. The van der Waals surface area contributed by atoms with Gasteiger partial charge in [-0.1, -0.05) is 6.07 Å². The van der Waals surface area contributed by atoms with E-state index in [1.54, 1.807) is 6.92 Å². The lowest BCUT2D eigenvalue weighted by Crippen LogP contribution is -2.38. The predicted octanol–water partition coefficient (Wildman–Crippen LogP) is 1.57. The molecule has 4 nitrogen and oxygen atoms in total. The van der Waals surface area contributed by atoms with Crippen LogP contribution in [0.5, 0.6) is 0 Å². The van der Waals surface area contributed by atoms with Crippen LogP contribution in [-0.2, 0) is 10.0 Å². The number of nitrogens with two attached hydrogens (primary N) is 1. The Labute approximate surface area is 119 Å². The van der Waals surface area contributed by atoms with Gasteiger partial charge in [-0.25, -0.2) is 17.5 Å². The monoisotopic (exact) mass is 308 g/mol. The van der Waals surface area contributed by atoms with E-state index in [-0.39, 0.29) is 29.9 Å². The van der Waals surface area contributed by atoms with Gasteiger partial charge in [0, 0.05) is 12.6 Å². The van der Waals surface area contributed by atoms with E-state index >= 15 is 0 Å². The summed E-state index contributed by atoms with van der Waals surface area (Å²) in [5.74, 6) is -0.145. The maximum Gasteiger partial charge on any atom is 0.240 e. The highest BCUT2D eigenvalue weighted by Gasteiger charge is 2.29. The lowest BCUT2D eigenvalue weighted by molar-refractivity contribution is 0.546. The minimum absolute atomic E-state index is 0. The van der Waals surface area contributed by atoms with Gasteiger partial charge < -0.3 is 5.73 Å². The van der Waals surface area contributed by atoms with Crippen molar-refractivity contribution in [1.29, 1.82) is 0 Å². The van der Waals surface area contributed by atoms with Gasteiger partial charge in [0.2, 0.25) is 10.0 Å². The molecule has 0 amide bonds. The van der Waals surface area contributed by atoms with Gasteiger partial charge >= 0.3 is 0 Å². The molecule has 1 aromatic rings. The Hall–Kier alpha value is -0.690. The summed E-state index contributed by atoms with van der Waals surface area (Å²) in [4.78, 5) is -0.0227. The van der Waals surface area contributed by atoms with Crippen molar-refractivity contribution in [1.82, 2.24) is 4.72 Å². The number of benzene rings is 1. The van der Waals surface area contributed by atoms with Crippen molar-refractivity contribution in [3.63, 3.8) is 0 Å². The largest absolute Gasteiger partial charge is 0.326 e. The molecule has 1 saturated carbocycles. The van der Waals surface area contributed by atoms with Gasteiger partial charge in [0.05, 0.1) is 4.90 Å². The minimum Gasteiger partial charge on any atom is -0.326 e. The first-order valence-electron chi connectivity index (χ1n) is 5.91. The summed E-state index contributed by atoms with van der Waals surface area (Å²) in [6.07, 6.45) is 2.11. The van der Waals surface area contributed by atoms with Crippen LogP contribution in [-0.4, -0.2) is 21.0 Å². The highest BCUT2D eigenvalue weighted by Crippen LogP contribution is 2.31. The second-order valence-electron chi connectivity index (χ2n) is 4.76. The second-order valence-corrected chi connectivity index (χ2v) is 6.50. The number of hydrogen-bond donors (Lipinski definition) is 2. The molecule has 2 rings (SSSR count). The van der Waals surface area contributed by atoms with Crippen molar-refractivity contribution >= 4 is 22.4 Å². The van der Waals surface area contributed by atoms with Crippen LogP contribution in [0.4, 0.5) is 4.39 Å². The molecule has 0 saturated heterocycles. The molecule has 108 valence electrons. The topological polar surface area (TPSA) is 72.2 Å². The third kappa shape index (κ3) is 4.14. The van der Waals surface area contributed by atoms with Gasteiger partial charge in [-0.15, -0.1) is 12.4 Å². The number of hydrogen-bond acceptors (Lipinski definition) is 3. The number of rotatable bonds is 5. The van der Waals surface area contributed by atoms with E-state index in [4.69, 9.17) is 5.73 Å². The minimum atomic E-state index is -3.68. The Morgan fingerprint density at radius 1 is 1.47 bits per heavy atom. The van der Waals surface area contributed by atoms with Crippen LogP contribution in [0.15, 0.2) is 23.1 Å². The van der Waals surface area contributed by atoms with Crippen molar-refractivity contribution in [3.05, 3.63) is 29.6 Å². The van der Waals surface area contributed by atoms with Crippen molar-refractivity contribution in [2.45, 2.75) is 30.7 Å². The molecule has 1 aliphatic carbocycles. The highest BCUT2D eigenvalue weighted by atomic mass is 35.5. The molecule has 1 atom stereocenters. The Kier molecular flexibility index (Phi) is 5.32. The first-order valence-corrected chi connectivity index (χ1v) is 7.40. The zero-order valence-electron chi connectivity index (χ0n) is 10.6. The zero-order valence-corrected chi connectivity index (χ0v) is 12.2. The lowest BCUT2D eigenvalue weighted by atomic mass is 10.2. The molecule has 19 heavy (non-hydrogen) atoms. The van der Waals surface area contributed by atoms with Crippen LogP contribution in [0, 0.1) is 18.7 Å². The molecule has 7 heteroatoms. The smallest absolute Gasteiger partial charge is 0.240 e. The Morgan fingerprint density at radius 2 is 2.11 bits per heavy atom. The molecular formula is C12H18ClFN2O2S. The average Bonchev–Trinajstić information content (AvgIpc) is 3.13. The maximum atomic E-state index is 13.1. The van der Waals surface area contributed by atoms with Crippen molar-refractivity contribution in [2.24, 2.45) is 11.7 Å². The molecule has 0 bridgehead atoms. The third-order valence-electron chi connectivity index (χ3n) is 3.18. The molecular weight excluding hydrogens is 291 g/mol. The van der Waals surface area contributed by atoms with Crippen LogP contribution in [0.25, 0.3) is 0 Å². The van der Waals surface area contributed by atoms with Gasteiger partial charge in [0.1, 0.15) is 5.82 Å². The normalized spacial score (nSPS) is 16.8. The van der Waals surface area contributed by atoms with E-state index in [2.05, 4.69) is 4.72 Å². The van der Waals surface area contributed by atoms with Gasteiger partial charge in [-0.3, -0.25) is 0 Å². The molecule has 1 aliphatic rings. The quantitative estimate of drug-likeness (QED) is 0.867. The summed E-state index contributed by atoms with van der Waals surface area (Å²) in [6, 6.07) is 3.56. The molecule has 1 fully saturated rings. The summed E-state index contributed by atoms with van der Waals surface area (Å²) in [7, 11) is -3.68. The SMILES string of the molecule is Cc1ccc(F)cc1S(=O)(=O)NCC(N)C1CC1.Cl. The van der Waals surface area contributed by atoms with Gasteiger partial charge in [0.15, 0.2) is 0 Å². The van der Waals surface area contributed by atoms with Crippen LogP contribution in [0.2, 0.25) is 0 Å². The van der Waals surface area contributed by atoms with E-state index in [1.165, 1.54) is 12.1 Å². The number of aryl methyl sites for hydroxylation is 1. The molecule has 0 spiro atoms. The van der Waals surface area contributed by atoms with Gasteiger partial charge in [-0.05, 0) is 43.4 Å². The van der Waals surface area contributed by atoms with E-state index in [9.17, 15) is 12.8 Å². The lowest BCUT2D eigenvalue weighted by Gasteiger charge is -2.13. The van der Waals surface area contributed by atoms with Gasteiger partial charge in [0.25, 0.3) is 0 Å². The van der Waals surface area contributed by atoms with Crippen LogP contribution < -0.4 is 10.5 Å². The molecule has 1 aromatic carbocycles. The van der Waals surface area contributed by atoms with Crippen molar-refractivity contribution in [3.8, 4) is 0 Å². The van der Waals surface area contributed by atoms with Crippen LogP contribution in [0.3, 0.4) is 0 Å². The summed E-state index contributed by atoms with van der Waals surface area (Å²) in [5.41, 5.74) is 6.35. The molecule has 0 radical (unpaired) electrons. The number of nitrogens with one attached hydrogen (secondary N) is 1. The standard InChI is InChI=1S/C12H17FN2O2S.ClH/c1-8-2-5-10(13)6-12(8)18(16,17)15-7-11(14)9-3-4-9;/h2,5-6,9,11,15H,3-4,7,14H2,1H3;1H. The zero-order chi connectivity index (χ0) is 13.3. The van der Waals surface area contributed by atoms with E-state index in [0.29, 0.717) is 11.5 Å². The van der Waals surface area contributed by atoms with Crippen LogP contribution >= 0.6 is 12.4 Å². The first kappa shape index (κ1) is 16.4. The molecule has 3 N–H and O–H groups in total. The summed E-state index contributed by atoms with van der Waals surface area (Å²) < 4.78 is 39.6. The van der Waals surface area contributed by atoms with Crippen molar-refractivity contribution in [2.75, 3.05) is 6.54 Å². The fraction of sp³-hybridized carbons (Fsp3) is 0.500. The van der Waals surface area contributed by atoms with E-state index < -0.39 is 15.8 Å². The predicted molar refractivity (Wildman–Crippen MR) is 74.3 cm³/mol. The van der Waals surface area contributed by atoms with Crippen molar-refractivity contribution < 1.29 is 12.8 Å². The number of halogens is 2. The van der Waals surface area contributed by atoms with E-state index in [1.807, 2.05) is 0 Å². The van der Waals surface area contributed by atoms with E-state index in [0.717, 1.165) is 18.9 Å². The maximum absolute atomic E-state index is 13.1. The third-order valence-corrected chi connectivity index (χ3v) is 4.74. The summed E-state index contributed by atoms with van der Waals surface area (Å²) in [6.45, 7) is 1.83. The average molecular weight is 309 g/mol. The van der Waals surface area contributed by atoms with Gasteiger partial charge in [-0.2, -0.15) is 0 Å². The Balaban J connectivity index is 0.00000180.